The van der Waals surface area contributed by atoms with Crippen LogP contribution in [-0.4, -0.2) is 36.2 Å². The van der Waals surface area contributed by atoms with Crippen molar-refractivity contribution in [1.29, 1.82) is 0 Å². The van der Waals surface area contributed by atoms with Gasteiger partial charge in [-0.1, -0.05) is 24.6 Å². The number of ether oxygens (including phenoxy) is 1. The largest absolute Gasteiger partial charge is 0.492 e. The number of hydrogen-bond donors (Lipinski definition) is 1. The van der Waals surface area contributed by atoms with Crippen molar-refractivity contribution >= 4 is 0 Å². The second kappa shape index (κ2) is 6.76. The number of rotatable bonds is 5. The molecule has 3 heteroatoms. The lowest BCUT2D eigenvalue weighted by Gasteiger charge is -2.26. The molecule has 0 spiro atoms. The summed E-state index contributed by atoms with van der Waals surface area (Å²) in [7, 11) is 0. The van der Waals surface area contributed by atoms with Crippen molar-refractivity contribution in [3.63, 3.8) is 0 Å². The Kier molecular flexibility index (Phi) is 5.02. The average molecular weight is 249 g/mol. The number of hydrogen-bond acceptors (Lipinski definition) is 3. The van der Waals surface area contributed by atoms with E-state index in [2.05, 4.69) is 4.90 Å². The zero-order chi connectivity index (χ0) is 12.8. The summed E-state index contributed by atoms with van der Waals surface area (Å²) in [6.07, 6.45) is 3.99. The highest BCUT2D eigenvalue weighted by atomic mass is 16.5. The Hall–Kier alpha value is -1.06. The van der Waals surface area contributed by atoms with Gasteiger partial charge < -0.3 is 9.84 Å². The second-order valence-corrected chi connectivity index (χ2v) is 4.97. The van der Waals surface area contributed by atoms with Crippen LogP contribution in [0.5, 0.6) is 5.75 Å². The van der Waals surface area contributed by atoms with Gasteiger partial charge >= 0.3 is 0 Å². The van der Waals surface area contributed by atoms with Crippen LogP contribution in [0.1, 0.15) is 30.4 Å². The van der Waals surface area contributed by atoms with Crippen LogP contribution >= 0.6 is 0 Å². The van der Waals surface area contributed by atoms with Crippen molar-refractivity contribution in [3.8, 4) is 5.75 Å². The molecule has 0 amide bonds. The van der Waals surface area contributed by atoms with E-state index >= 15 is 0 Å². The van der Waals surface area contributed by atoms with Crippen LogP contribution < -0.4 is 4.74 Å². The SMILES string of the molecule is Cc1cccc(CO)c1OCCN1CCCCC1. The normalized spacial score (nSPS) is 16.8. The van der Waals surface area contributed by atoms with E-state index in [1.807, 2.05) is 25.1 Å². The van der Waals surface area contributed by atoms with Gasteiger partial charge in [0.05, 0.1) is 6.61 Å². The topological polar surface area (TPSA) is 32.7 Å². The number of piperidine rings is 1. The van der Waals surface area contributed by atoms with Crippen molar-refractivity contribution in [3.05, 3.63) is 29.3 Å². The van der Waals surface area contributed by atoms with Crippen LogP contribution in [0.4, 0.5) is 0 Å². The minimum absolute atomic E-state index is 0.0424. The van der Waals surface area contributed by atoms with Gasteiger partial charge in [-0.3, -0.25) is 4.90 Å². The number of benzene rings is 1. The fourth-order valence-corrected chi connectivity index (χ4v) is 2.50. The molecular weight excluding hydrogens is 226 g/mol. The molecule has 1 saturated heterocycles. The van der Waals surface area contributed by atoms with Gasteiger partial charge in [0.1, 0.15) is 12.4 Å². The predicted octanol–water partition coefficient (Wildman–Crippen LogP) is 2.35. The zero-order valence-corrected chi connectivity index (χ0v) is 11.2. The summed E-state index contributed by atoms with van der Waals surface area (Å²) in [6.45, 7) is 6.15. The molecule has 18 heavy (non-hydrogen) atoms. The summed E-state index contributed by atoms with van der Waals surface area (Å²) in [6, 6.07) is 5.90. The van der Waals surface area contributed by atoms with Gasteiger partial charge in [0, 0.05) is 12.1 Å². The summed E-state index contributed by atoms with van der Waals surface area (Å²) in [5.41, 5.74) is 1.98. The Morgan fingerprint density at radius 3 is 2.72 bits per heavy atom. The molecule has 0 atom stereocenters. The smallest absolute Gasteiger partial charge is 0.127 e. The quantitative estimate of drug-likeness (QED) is 0.869. The maximum atomic E-state index is 9.30. The molecule has 3 nitrogen and oxygen atoms in total. The zero-order valence-electron chi connectivity index (χ0n) is 11.2. The summed E-state index contributed by atoms with van der Waals surface area (Å²) in [5.74, 6) is 0.858. The Morgan fingerprint density at radius 2 is 2.00 bits per heavy atom. The highest BCUT2D eigenvalue weighted by molar-refractivity contribution is 5.40. The number of likely N-dealkylation sites (tertiary alicyclic amines) is 1. The molecular formula is C15H23NO2. The third kappa shape index (κ3) is 3.47. The lowest BCUT2D eigenvalue weighted by Crippen LogP contribution is -2.33. The van der Waals surface area contributed by atoms with Crippen LogP contribution in [0.3, 0.4) is 0 Å². The third-order valence-electron chi connectivity index (χ3n) is 3.57. The molecule has 1 aliphatic rings. The number of aryl methyl sites for hydroxylation is 1. The number of para-hydroxylation sites is 1. The van der Waals surface area contributed by atoms with Crippen LogP contribution in [0, 0.1) is 6.92 Å². The van der Waals surface area contributed by atoms with Crippen LogP contribution in [-0.2, 0) is 6.61 Å². The molecule has 100 valence electrons. The van der Waals surface area contributed by atoms with E-state index in [1.54, 1.807) is 0 Å². The molecule has 0 saturated carbocycles. The van der Waals surface area contributed by atoms with E-state index in [0.29, 0.717) is 6.61 Å². The highest BCUT2D eigenvalue weighted by Gasteiger charge is 2.11. The molecule has 1 fully saturated rings. The molecule has 1 aromatic rings. The minimum Gasteiger partial charge on any atom is -0.492 e. The molecule has 0 aliphatic carbocycles. The Bertz CT molecular complexity index is 373. The first-order chi connectivity index (χ1) is 8.81. The van der Waals surface area contributed by atoms with Crippen LogP contribution in [0.25, 0.3) is 0 Å². The number of nitrogens with zero attached hydrogens (tertiary/aromatic N) is 1. The van der Waals surface area contributed by atoms with E-state index < -0.39 is 0 Å². The lowest BCUT2D eigenvalue weighted by molar-refractivity contribution is 0.180. The third-order valence-corrected chi connectivity index (χ3v) is 3.57. The van der Waals surface area contributed by atoms with Crippen molar-refractivity contribution in [1.82, 2.24) is 4.90 Å². The second-order valence-electron chi connectivity index (χ2n) is 4.97. The van der Waals surface area contributed by atoms with Gasteiger partial charge in [-0.05, 0) is 38.4 Å². The predicted molar refractivity (Wildman–Crippen MR) is 72.9 cm³/mol. The molecule has 1 aliphatic heterocycles. The highest BCUT2D eigenvalue weighted by Crippen LogP contribution is 2.23. The number of aliphatic hydroxyl groups is 1. The monoisotopic (exact) mass is 249 g/mol. The van der Waals surface area contributed by atoms with Crippen molar-refractivity contribution in [2.75, 3.05) is 26.2 Å². The molecule has 1 aromatic carbocycles. The fourth-order valence-electron chi connectivity index (χ4n) is 2.50. The maximum Gasteiger partial charge on any atom is 0.127 e. The minimum atomic E-state index is 0.0424. The van der Waals surface area contributed by atoms with E-state index in [0.717, 1.165) is 23.4 Å². The van der Waals surface area contributed by atoms with Crippen molar-refractivity contribution in [2.24, 2.45) is 0 Å². The number of aliphatic hydroxyl groups excluding tert-OH is 1. The van der Waals surface area contributed by atoms with E-state index in [1.165, 1.54) is 32.4 Å². The first-order valence-electron chi connectivity index (χ1n) is 6.86. The van der Waals surface area contributed by atoms with Gasteiger partial charge in [0.2, 0.25) is 0 Å². The summed E-state index contributed by atoms with van der Waals surface area (Å²) < 4.78 is 5.86. The summed E-state index contributed by atoms with van der Waals surface area (Å²) in [4.78, 5) is 2.46. The van der Waals surface area contributed by atoms with E-state index in [-0.39, 0.29) is 6.61 Å². The first kappa shape index (κ1) is 13.4. The maximum absolute atomic E-state index is 9.30. The molecule has 2 rings (SSSR count). The van der Waals surface area contributed by atoms with Crippen LogP contribution in [0.15, 0.2) is 18.2 Å². The lowest BCUT2D eigenvalue weighted by atomic mass is 10.1. The molecule has 0 unspecified atom stereocenters. The fraction of sp³-hybridized carbons (Fsp3) is 0.600. The Balaban J connectivity index is 1.85. The van der Waals surface area contributed by atoms with Gasteiger partial charge in [-0.25, -0.2) is 0 Å². The summed E-state index contributed by atoms with van der Waals surface area (Å²) in [5, 5.41) is 9.30. The summed E-state index contributed by atoms with van der Waals surface area (Å²) >= 11 is 0. The van der Waals surface area contributed by atoms with Gasteiger partial charge in [-0.15, -0.1) is 0 Å². The Labute approximate surface area is 109 Å². The molecule has 0 aromatic heterocycles. The molecule has 1 heterocycles. The van der Waals surface area contributed by atoms with Crippen molar-refractivity contribution in [2.45, 2.75) is 32.8 Å². The first-order valence-corrected chi connectivity index (χ1v) is 6.86. The molecule has 0 bridgehead atoms. The van der Waals surface area contributed by atoms with Gasteiger partial charge in [0.25, 0.3) is 0 Å². The van der Waals surface area contributed by atoms with Gasteiger partial charge in [0.15, 0.2) is 0 Å². The molecule has 0 radical (unpaired) electrons. The van der Waals surface area contributed by atoms with Crippen molar-refractivity contribution < 1.29 is 9.84 Å². The Morgan fingerprint density at radius 1 is 1.22 bits per heavy atom. The standard InChI is InChI=1S/C15H23NO2/c1-13-6-5-7-14(12-17)15(13)18-11-10-16-8-3-2-4-9-16/h5-7,17H,2-4,8-12H2,1H3. The van der Waals surface area contributed by atoms with Gasteiger partial charge in [-0.2, -0.15) is 0 Å². The van der Waals surface area contributed by atoms with Crippen LogP contribution in [0.2, 0.25) is 0 Å². The van der Waals surface area contributed by atoms with E-state index in [9.17, 15) is 5.11 Å². The molecule has 1 N–H and O–H groups in total. The average Bonchev–Trinajstić information content (AvgIpc) is 2.41. The van der Waals surface area contributed by atoms with E-state index in [4.69, 9.17) is 4.74 Å².